The van der Waals surface area contributed by atoms with Crippen molar-refractivity contribution in [3.63, 3.8) is 0 Å². The van der Waals surface area contributed by atoms with E-state index < -0.39 is 6.09 Å². The SMILES string of the molecule is O=Cc1ccc(O[C@H]2C[C@H]3CC[C@@H](C2)N3C(=O)O)cc1. The number of carbonyl (C=O) groups is 2. The van der Waals surface area contributed by atoms with Gasteiger partial charge in [0.1, 0.15) is 18.1 Å². The molecule has 20 heavy (non-hydrogen) atoms. The average Bonchev–Trinajstić information content (AvgIpc) is 2.72. The van der Waals surface area contributed by atoms with E-state index in [9.17, 15) is 14.7 Å². The van der Waals surface area contributed by atoms with Crippen molar-refractivity contribution >= 4 is 12.4 Å². The lowest BCUT2D eigenvalue weighted by atomic mass is 10.0. The van der Waals surface area contributed by atoms with Crippen molar-refractivity contribution < 1.29 is 19.4 Å². The van der Waals surface area contributed by atoms with Crippen molar-refractivity contribution in [2.75, 3.05) is 0 Å². The molecule has 2 aliphatic rings. The Hall–Kier alpha value is -2.04. The highest BCUT2D eigenvalue weighted by Gasteiger charge is 2.44. The van der Waals surface area contributed by atoms with E-state index in [1.165, 1.54) is 0 Å². The van der Waals surface area contributed by atoms with Gasteiger partial charge in [0.25, 0.3) is 0 Å². The summed E-state index contributed by atoms with van der Waals surface area (Å²) in [5, 5.41) is 9.20. The first kappa shape index (κ1) is 13.0. The molecule has 3 atom stereocenters. The molecule has 5 heteroatoms. The van der Waals surface area contributed by atoms with Crippen LogP contribution in [0.3, 0.4) is 0 Å². The predicted octanol–water partition coefficient (Wildman–Crippen LogP) is 2.55. The number of aldehydes is 1. The molecular weight excluding hydrogens is 258 g/mol. The molecule has 1 N–H and O–H groups in total. The number of carbonyl (C=O) groups excluding carboxylic acids is 1. The summed E-state index contributed by atoms with van der Waals surface area (Å²) < 4.78 is 5.93. The smallest absolute Gasteiger partial charge is 0.407 e. The van der Waals surface area contributed by atoms with E-state index in [1.807, 2.05) is 0 Å². The first-order valence-electron chi connectivity index (χ1n) is 6.90. The third kappa shape index (κ3) is 2.35. The van der Waals surface area contributed by atoms with Crippen LogP contribution in [-0.2, 0) is 0 Å². The first-order valence-corrected chi connectivity index (χ1v) is 6.90. The van der Waals surface area contributed by atoms with Gasteiger partial charge in [0.15, 0.2) is 0 Å². The standard InChI is InChI=1S/C15H17NO4/c17-9-10-1-5-13(6-2-10)20-14-7-11-3-4-12(8-14)16(11)15(18)19/h1-2,5-6,9,11-12,14H,3-4,7-8H2,(H,18,19)/t11-,12+,14+. The molecule has 2 fully saturated rings. The molecule has 106 valence electrons. The number of hydrogen-bond donors (Lipinski definition) is 1. The van der Waals surface area contributed by atoms with E-state index >= 15 is 0 Å². The minimum Gasteiger partial charge on any atom is -0.490 e. The minimum absolute atomic E-state index is 0.0604. The summed E-state index contributed by atoms with van der Waals surface area (Å²) in [7, 11) is 0. The molecule has 0 radical (unpaired) electrons. The lowest BCUT2D eigenvalue weighted by molar-refractivity contribution is 0.0496. The number of rotatable bonds is 3. The van der Waals surface area contributed by atoms with Gasteiger partial charge in [-0.3, -0.25) is 4.79 Å². The third-order valence-electron chi connectivity index (χ3n) is 4.23. The predicted molar refractivity (Wildman–Crippen MR) is 72.2 cm³/mol. The van der Waals surface area contributed by atoms with Gasteiger partial charge in [-0.05, 0) is 37.1 Å². The van der Waals surface area contributed by atoms with E-state index in [0.717, 1.165) is 37.7 Å². The Balaban J connectivity index is 1.65. The summed E-state index contributed by atoms with van der Waals surface area (Å²) in [6.07, 6.45) is 3.41. The molecule has 2 heterocycles. The fourth-order valence-electron chi connectivity index (χ4n) is 3.35. The zero-order chi connectivity index (χ0) is 14.1. The van der Waals surface area contributed by atoms with E-state index in [0.29, 0.717) is 5.56 Å². The Morgan fingerprint density at radius 1 is 1.20 bits per heavy atom. The average molecular weight is 275 g/mol. The Labute approximate surface area is 117 Å². The van der Waals surface area contributed by atoms with Crippen LogP contribution in [0.15, 0.2) is 24.3 Å². The van der Waals surface area contributed by atoms with Crippen molar-refractivity contribution in [3.8, 4) is 5.75 Å². The molecule has 0 aliphatic carbocycles. The number of amides is 1. The monoisotopic (exact) mass is 275 g/mol. The van der Waals surface area contributed by atoms with Crippen LogP contribution in [0.5, 0.6) is 5.75 Å². The van der Waals surface area contributed by atoms with Gasteiger partial charge in [0, 0.05) is 30.5 Å². The van der Waals surface area contributed by atoms with Crippen molar-refractivity contribution in [2.24, 2.45) is 0 Å². The fourth-order valence-corrected chi connectivity index (χ4v) is 3.35. The van der Waals surface area contributed by atoms with E-state index in [4.69, 9.17) is 4.74 Å². The summed E-state index contributed by atoms with van der Waals surface area (Å²) in [6, 6.07) is 7.20. The molecule has 0 aromatic heterocycles. The highest BCUT2D eigenvalue weighted by atomic mass is 16.5. The van der Waals surface area contributed by atoms with E-state index in [1.54, 1.807) is 29.2 Å². The van der Waals surface area contributed by atoms with E-state index in [-0.39, 0.29) is 18.2 Å². The molecule has 1 amide bonds. The first-order chi connectivity index (χ1) is 9.67. The van der Waals surface area contributed by atoms with Crippen LogP contribution in [0.4, 0.5) is 4.79 Å². The molecule has 5 nitrogen and oxygen atoms in total. The van der Waals surface area contributed by atoms with Crippen LogP contribution in [0.2, 0.25) is 0 Å². The Morgan fingerprint density at radius 3 is 2.30 bits per heavy atom. The quantitative estimate of drug-likeness (QED) is 0.861. The van der Waals surface area contributed by atoms with Gasteiger partial charge in [0.2, 0.25) is 0 Å². The summed E-state index contributed by atoms with van der Waals surface area (Å²) in [5.41, 5.74) is 0.623. The van der Waals surface area contributed by atoms with Gasteiger partial charge < -0.3 is 14.7 Å². The number of nitrogens with zero attached hydrogens (tertiary/aromatic N) is 1. The maximum atomic E-state index is 11.2. The normalized spacial score (nSPS) is 28.2. The van der Waals surface area contributed by atoms with Gasteiger partial charge in [-0.1, -0.05) is 0 Å². The van der Waals surface area contributed by atoms with Crippen molar-refractivity contribution in [2.45, 2.75) is 43.9 Å². The molecule has 0 saturated carbocycles. The second-order valence-corrected chi connectivity index (χ2v) is 5.47. The zero-order valence-electron chi connectivity index (χ0n) is 11.1. The molecule has 2 bridgehead atoms. The molecule has 0 spiro atoms. The van der Waals surface area contributed by atoms with Crippen molar-refractivity contribution in [1.29, 1.82) is 0 Å². The Morgan fingerprint density at radius 2 is 1.80 bits per heavy atom. The largest absolute Gasteiger partial charge is 0.490 e. The van der Waals surface area contributed by atoms with Crippen LogP contribution < -0.4 is 4.74 Å². The second kappa shape index (κ2) is 5.15. The third-order valence-corrected chi connectivity index (χ3v) is 4.23. The highest BCUT2D eigenvalue weighted by Crippen LogP contribution is 2.37. The number of ether oxygens (including phenoxy) is 1. The summed E-state index contributed by atoms with van der Waals surface area (Å²) in [6.45, 7) is 0. The fraction of sp³-hybridized carbons (Fsp3) is 0.467. The van der Waals surface area contributed by atoms with Crippen LogP contribution in [0.1, 0.15) is 36.0 Å². The summed E-state index contributed by atoms with van der Waals surface area (Å²) in [4.78, 5) is 23.4. The van der Waals surface area contributed by atoms with Gasteiger partial charge >= 0.3 is 6.09 Å². The lowest BCUT2D eigenvalue weighted by Crippen LogP contribution is -2.48. The molecule has 1 aromatic rings. The number of benzene rings is 1. The van der Waals surface area contributed by atoms with Gasteiger partial charge in [0.05, 0.1) is 0 Å². The van der Waals surface area contributed by atoms with E-state index in [2.05, 4.69) is 0 Å². The molecule has 0 unspecified atom stereocenters. The molecule has 3 rings (SSSR count). The maximum Gasteiger partial charge on any atom is 0.407 e. The topological polar surface area (TPSA) is 66.8 Å². The minimum atomic E-state index is -0.814. The lowest BCUT2D eigenvalue weighted by Gasteiger charge is -2.37. The second-order valence-electron chi connectivity index (χ2n) is 5.47. The molecule has 1 aromatic carbocycles. The molecular formula is C15H17NO4. The number of hydrogen-bond acceptors (Lipinski definition) is 3. The number of carboxylic acid groups (broad SMARTS) is 1. The maximum absolute atomic E-state index is 11.2. The van der Waals surface area contributed by atoms with Crippen molar-refractivity contribution in [1.82, 2.24) is 4.90 Å². The van der Waals surface area contributed by atoms with Gasteiger partial charge in [-0.15, -0.1) is 0 Å². The summed E-state index contributed by atoms with van der Waals surface area (Å²) >= 11 is 0. The van der Waals surface area contributed by atoms with Gasteiger partial charge in [-0.2, -0.15) is 0 Å². The zero-order valence-corrected chi connectivity index (χ0v) is 11.1. The highest BCUT2D eigenvalue weighted by molar-refractivity contribution is 5.74. The van der Waals surface area contributed by atoms with Crippen LogP contribution in [0.25, 0.3) is 0 Å². The van der Waals surface area contributed by atoms with Crippen LogP contribution in [-0.4, -0.2) is 40.6 Å². The van der Waals surface area contributed by atoms with Gasteiger partial charge in [-0.25, -0.2) is 4.79 Å². The summed E-state index contributed by atoms with van der Waals surface area (Å²) in [5.74, 6) is 0.740. The molecule has 2 saturated heterocycles. The number of fused-ring (bicyclic) bond motifs is 2. The Kier molecular flexibility index (Phi) is 3.34. The number of piperidine rings is 1. The molecule has 2 aliphatic heterocycles. The Bertz CT molecular complexity index is 499. The van der Waals surface area contributed by atoms with Crippen molar-refractivity contribution in [3.05, 3.63) is 29.8 Å². The van der Waals surface area contributed by atoms with Crippen LogP contribution in [0, 0.1) is 0 Å². The van der Waals surface area contributed by atoms with Crippen LogP contribution >= 0.6 is 0 Å².